The highest BCUT2D eigenvalue weighted by Crippen LogP contribution is 2.37. The Hall–Kier alpha value is -3.38. The average molecular weight is 467 g/mol. The summed E-state index contributed by atoms with van der Waals surface area (Å²) in [5.74, 6) is 0.0554. The minimum atomic E-state index is -0.362. The third kappa shape index (κ3) is 3.60. The second-order valence-corrected chi connectivity index (χ2v) is 8.13. The smallest absolute Gasteiger partial charge is 0.268 e. The molecule has 0 saturated heterocycles. The molecule has 0 saturated carbocycles. The summed E-state index contributed by atoms with van der Waals surface area (Å²) in [6.45, 7) is 1.46. The number of halogens is 2. The first-order valence-corrected chi connectivity index (χ1v) is 10.6. The van der Waals surface area contributed by atoms with E-state index in [2.05, 4.69) is 26.7 Å². The molecule has 0 aliphatic carbocycles. The molecule has 0 radical (unpaired) electrons. The Bertz CT molecular complexity index is 1270. The highest BCUT2D eigenvalue weighted by Gasteiger charge is 2.31. The van der Waals surface area contributed by atoms with Crippen LogP contribution in [-0.2, 0) is 13.0 Å². The number of nitrogens with one attached hydrogen (secondary N) is 2. The Morgan fingerprint density at radius 3 is 2.84 bits per heavy atom. The number of carbonyl (C=O) groups excluding carboxylic acids is 1. The molecule has 3 heterocycles. The molecule has 0 spiro atoms. The van der Waals surface area contributed by atoms with Crippen molar-refractivity contribution in [2.24, 2.45) is 0 Å². The molecule has 2 aromatic carbocycles. The van der Waals surface area contributed by atoms with Gasteiger partial charge in [0.1, 0.15) is 5.56 Å². The molecule has 8 nitrogen and oxygen atoms in total. The van der Waals surface area contributed by atoms with Gasteiger partial charge in [-0.1, -0.05) is 29.3 Å². The molecule has 1 aromatic heterocycles. The van der Waals surface area contributed by atoms with Crippen LogP contribution in [0.3, 0.4) is 0 Å². The molecule has 160 valence electrons. The van der Waals surface area contributed by atoms with Gasteiger partial charge in [-0.3, -0.25) is 9.69 Å². The fourth-order valence-corrected chi connectivity index (χ4v) is 4.45. The SMILES string of the molecule is N#Cc1cc(Nc2ncc3c(n2)OCN(c2c(Cl)cccc2Cl)C3=O)cc2c1CCNC2. The van der Waals surface area contributed by atoms with Crippen molar-refractivity contribution in [2.45, 2.75) is 13.0 Å². The number of benzene rings is 2. The maximum Gasteiger partial charge on any atom is 0.268 e. The zero-order chi connectivity index (χ0) is 22.2. The van der Waals surface area contributed by atoms with Crippen LogP contribution in [0, 0.1) is 11.3 Å². The quantitative estimate of drug-likeness (QED) is 0.599. The van der Waals surface area contributed by atoms with Crippen LogP contribution in [0.4, 0.5) is 17.3 Å². The Morgan fingerprint density at radius 2 is 2.06 bits per heavy atom. The van der Waals surface area contributed by atoms with Gasteiger partial charge in [0.05, 0.1) is 27.4 Å². The van der Waals surface area contributed by atoms with Gasteiger partial charge in [-0.25, -0.2) is 4.98 Å². The van der Waals surface area contributed by atoms with E-state index in [-0.39, 0.29) is 30.0 Å². The van der Waals surface area contributed by atoms with Crippen molar-refractivity contribution in [3.05, 3.63) is 68.8 Å². The lowest BCUT2D eigenvalue weighted by molar-refractivity contribution is 0.0932. The lowest BCUT2D eigenvalue weighted by atomic mass is 9.95. The normalized spacial score (nSPS) is 14.8. The van der Waals surface area contributed by atoms with Crippen molar-refractivity contribution in [1.82, 2.24) is 15.3 Å². The first kappa shape index (κ1) is 20.5. The predicted octanol–water partition coefficient (Wildman–Crippen LogP) is 4.04. The Balaban J connectivity index is 1.43. The van der Waals surface area contributed by atoms with Crippen LogP contribution in [-0.4, -0.2) is 29.2 Å². The minimum Gasteiger partial charge on any atom is -0.455 e. The Morgan fingerprint density at radius 1 is 1.25 bits per heavy atom. The molecule has 2 aliphatic heterocycles. The van der Waals surface area contributed by atoms with Crippen molar-refractivity contribution in [3.63, 3.8) is 0 Å². The van der Waals surface area contributed by atoms with Crippen LogP contribution in [0.5, 0.6) is 5.88 Å². The van der Waals surface area contributed by atoms with Crippen molar-refractivity contribution in [1.29, 1.82) is 5.26 Å². The van der Waals surface area contributed by atoms with Crippen LogP contribution >= 0.6 is 23.2 Å². The maximum absolute atomic E-state index is 13.0. The van der Waals surface area contributed by atoms with Crippen LogP contribution in [0.2, 0.25) is 10.0 Å². The molecule has 2 aliphatic rings. The summed E-state index contributed by atoms with van der Waals surface area (Å²) in [5.41, 5.74) is 4.02. The van der Waals surface area contributed by atoms with E-state index in [1.165, 1.54) is 11.1 Å². The van der Waals surface area contributed by atoms with Crippen molar-refractivity contribution >= 4 is 46.4 Å². The lowest BCUT2D eigenvalue weighted by Gasteiger charge is -2.29. The number of para-hydroxylation sites is 1. The van der Waals surface area contributed by atoms with Crippen LogP contribution < -0.4 is 20.3 Å². The van der Waals surface area contributed by atoms with E-state index in [9.17, 15) is 10.1 Å². The van der Waals surface area contributed by atoms with E-state index < -0.39 is 0 Å². The maximum atomic E-state index is 13.0. The summed E-state index contributed by atoms with van der Waals surface area (Å²) in [7, 11) is 0. The summed E-state index contributed by atoms with van der Waals surface area (Å²) in [5, 5.41) is 16.6. The van der Waals surface area contributed by atoms with Gasteiger partial charge in [0.15, 0.2) is 6.73 Å². The molecule has 5 rings (SSSR count). The van der Waals surface area contributed by atoms with E-state index >= 15 is 0 Å². The predicted molar refractivity (Wildman–Crippen MR) is 121 cm³/mol. The summed E-state index contributed by atoms with van der Waals surface area (Å²) in [4.78, 5) is 23.0. The fraction of sp³-hybridized carbons (Fsp3) is 0.182. The number of rotatable bonds is 3. The molecular formula is C22H16Cl2N6O2. The van der Waals surface area contributed by atoms with Gasteiger partial charge in [0, 0.05) is 18.4 Å². The van der Waals surface area contributed by atoms with Gasteiger partial charge < -0.3 is 15.4 Å². The highest BCUT2D eigenvalue weighted by atomic mass is 35.5. The monoisotopic (exact) mass is 466 g/mol. The molecule has 2 N–H and O–H groups in total. The van der Waals surface area contributed by atoms with E-state index in [1.54, 1.807) is 24.3 Å². The van der Waals surface area contributed by atoms with Crippen LogP contribution in [0.15, 0.2) is 36.5 Å². The van der Waals surface area contributed by atoms with Gasteiger partial charge in [0.25, 0.3) is 5.91 Å². The van der Waals surface area contributed by atoms with Crippen LogP contribution in [0.25, 0.3) is 0 Å². The van der Waals surface area contributed by atoms with E-state index in [0.29, 0.717) is 33.5 Å². The second kappa shape index (κ2) is 8.28. The topological polar surface area (TPSA) is 103 Å². The summed E-state index contributed by atoms with van der Waals surface area (Å²) in [6.07, 6.45) is 2.21. The van der Waals surface area contributed by atoms with Crippen LogP contribution in [0.1, 0.15) is 27.0 Å². The van der Waals surface area contributed by atoms with Gasteiger partial charge in [-0.05, 0) is 48.4 Å². The van der Waals surface area contributed by atoms with E-state index in [0.717, 1.165) is 24.1 Å². The summed E-state index contributed by atoms with van der Waals surface area (Å²) in [6, 6.07) is 11.0. The summed E-state index contributed by atoms with van der Waals surface area (Å²) < 4.78 is 5.72. The number of hydrogen-bond acceptors (Lipinski definition) is 7. The minimum absolute atomic E-state index is 0.0885. The zero-order valence-corrected chi connectivity index (χ0v) is 18.2. The molecule has 3 aromatic rings. The first-order valence-electron chi connectivity index (χ1n) is 9.84. The number of fused-ring (bicyclic) bond motifs is 2. The number of nitriles is 1. The number of hydrogen-bond donors (Lipinski definition) is 2. The number of aromatic nitrogens is 2. The number of nitrogens with zero attached hydrogens (tertiary/aromatic N) is 4. The standard InChI is InChI=1S/C22H16Cl2N6O2/c23-17-2-1-3-18(24)19(17)30-11-32-20-16(21(30)31)10-27-22(29-20)28-14-6-12(8-25)15-4-5-26-9-13(15)7-14/h1-3,6-7,10,26H,4-5,9,11H2,(H,27,28,29). The van der Waals surface area contributed by atoms with Crippen molar-refractivity contribution < 1.29 is 9.53 Å². The molecule has 0 unspecified atom stereocenters. The molecule has 0 fully saturated rings. The molecular weight excluding hydrogens is 451 g/mol. The molecule has 32 heavy (non-hydrogen) atoms. The highest BCUT2D eigenvalue weighted by molar-refractivity contribution is 6.40. The van der Waals surface area contributed by atoms with Gasteiger partial charge in [0.2, 0.25) is 11.8 Å². The largest absolute Gasteiger partial charge is 0.455 e. The molecule has 0 atom stereocenters. The fourth-order valence-electron chi connectivity index (χ4n) is 3.85. The number of anilines is 3. The first-order chi connectivity index (χ1) is 15.5. The number of amides is 1. The van der Waals surface area contributed by atoms with E-state index in [1.807, 2.05) is 6.07 Å². The number of carbonyl (C=O) groups is 1. The lowest BCUT2D eigenvalue weighted by Crippen LogP contribution is -2.39. The third-order valence-electron chi connectivity index (χ3n) is 5.35. The van der Waals surface area contributed by atoms with Gasteiger partial charge >= 0.3 is 0 Å². The summed E-state index contributed by atoms with van der Waals surface area (Å²) >= 11 is 12.5. The average Bonchev–Trinajstić information content (AvgIpc) is 2.80. The Labute approximate surface area is 193 Å². The van der Waals surface area contributed by atoms with Gasteiger partial charge in [-0.2, -0.15) is 10.2 Å². The van der Waals surface area contributed by atoms with E-state index in [4.69, 9.17) is 27.9 Å². The molecule has 0 bridgehead atoms. The van der Waals surface area contributed by atoms with Gasteiger partial charge in [-0.15, -0.1) is 0 Å². The van der Waals surface area contributed by atoms with Crippen molar-refractivity contribution in [3.8, 4) is 11.9 Å². The Kier molecular flexibility index (Phi) is 5.31. The zero-order valence-electron chi connectivity index (χ0n) is 16.7. The van der Waals surface area contributed by atoms with Crippen molar-refractivity contribution in [2.75, 3.05) is 23.5 Å². The second-order valence-electron chi connectivity index (χ2n) is 7.31. The molecule has 10 heteroatoms. The number of ether oxygens (including phenoxy) is 1. The third-order valence-corrected chi connectivity index (χ3v) is 5.96. The molecule has 1 amide bonds.